The highest BCUT2D eigenvalue weighted by atomic mass is 35.5. The molecule has 1 aromatic rings. The second-order valence-corrected chi connectivity index (χ2v) is 7.08. The molecule has 2 unspecified atom stereocenters. The SMILES string of the molecule is COC(OP(N)(=O)N(CCCl)CCCl)c1ccc([N+](=O)[O-])cc1. The molecular weight excluding hydrogens is 368 g/mol. The van der Waals surface area contributed by atoms with E-state index in [2.05, 4.69) is 0 Å². The first-order valence-electron chi connectivity index (χ1n) is 6.57. The van der Waals surface area contributed by atoms with Gasteiger partial charge in [-0.1, -0.05) is 0 Å². The number of ether oxygens (including phenoxy) is 1. The van der Waals surface area contributed by atoms with E-state index in [9.17, 15) is 14.7 Å². The molecule has 0 aliphatic rings. The molecule has 0 aliphatic carbocycles. The largest absolute Gasteiger partial charge is 0.351 e. The summed E-state index contributed by atoms with van der Waals surface area (Å²) in [5, 5.41) is 10.7. The van der Waals surface area contributed by atoms with Crippen molar-refractivity contribution in [3.8, 4) is 0 Å². The van der Waals surface area contributed by atoms with Gasteiger partial charge in [0, 0.05) is 49.7 Å². The second-order valence-electron chi connectivity index (χ2n) is 4.42. The molecule has 0 saturated carbocycles. The smallest absolute Gasteiger partial charge is 0.343 e. The zero-order valence-electron chi connectivity index (χ0n) is 12.4. The van der Waals surface area contributed by atoms with E-state index >= 15 is 0 Å². The van der Waals surface area contributed by atoms with Crippen molar-refractivity contribution in [1.82, 2.24) is 4.67 Å². The van der Waals surface area contributed by atoms with Gasteiger partial charge in [0.1, 0.15) is 0 Å². The summed E-state index contributed by atoms with van der Waals surface area (Å²) in [7, 11) is -2.35. The van der Waals surface area contributed by atoms with Crippen LogP contribution in [0.1, 0.15) is 11.9 Å². The van der Waals surface area contributed by atoms with Crippen molar-refractivity contribution in [2.24, 2.45) is 5.50 Å². The van der Waals surface area contributed by atoms with Gasteiger partial charge in [-0.05, 0) is 12.1 Å². The third kappa shape index (κ3) is 6.00. The zero-order chi connectivity index (χ0) is 17.5. The number of hydrogen-bond donors (Lipinski definition) is 1. The summed E-state index contributed by atoms with van der Waals surface area (Å²) in [4.78, 5) is 10.1. The van der Waals surface area contributed by atoms with Gasteiger partial charge in [0.05, 0.1) is 4.92 Å². The van der Waals surface area contributed by atoms with Gasteiger partial charge in [-0.2, -0.15) is 0 Å². The fourth-order valence-corrected chi connectivity index (χ4v) is 3.80. The van der Waals surface area contributed by atoms with Crippen LogP contribution in [0.4, 0.5) is 5.69 Å². The van der Waals surface area contributed by atoms with Gasteiger partial charge < -0.3 is 4.74 Å². The predicted octanol–water partition coefficient (Wildman–Crippen LogP) is 3.10. The highest BCUT2D eigenvalue weighted by Gasteiger charge is 2.31. The molecule has 0 amide bonds. The van der Waals surface area contributed by atoms with E-state index in [1.807, 2.05) is 0 Å². The lowest BCUT2D eigenvalue weighted by Crippen LogP contribution is -2.30. The summed E-state index contributed by atoms with van der Waals surface area (Å²) in [6.45, 7) is 0.470. The first kappa shape index (κ1) is 20.3. The highest BCUT2D eigenvalue weighted by molar-refractivity contribution is 7.53. The molecule has 0 fully saturated rings. The van der Waals surface area contributed by atoms with Crippen LogP contribution in [0.15, 0.2) is 24.3 Å². The number of non-ortho nitro benzene ring substituents is 1. The van der Waals surface area contributed by atoms with Crippen molar-refractivity contribution in [3.63, 3.8) is 0 Å². The number of nitrogens with two attached hydrogens (primary N) is 1. The number of hydrogen-bond acceptors (Lipinski definition) is 5. The van der Waals surface area contributed by atoms with Crippen LogP contribution in [0.5, 0.6) is 0 Å². The Morgan fingerprint density at radius 1 is 1.30 bits per heavy atom. The Kier molecular flexibility index (Phi) is 8.42. The number of nitro benzene ring substituents is 1. The summed E-state index contributed by atoms with van der Waals surface area (Å²) in [5.41, 5.74) is 6.15. The van der Waals surface area contributed by atoms with Crippen molar-refractivity contribution in [2.75, 3.05) is 32.0 Å². The van der Waals surface area contributed by atoms with Crippen LogP contribution < -0.4 is 5.50 Å². The maximum atomic E-state index is 12.6. The Labute approximate surface area is 144 Å². The summed E-state index contributed by atoms with van der Waals surface area (Å²) < 4.78 is 24.5. The van der Waals surface area contributed by atoms with Gasteiger partial charge in [-0.25, -0.2) is 10.2 Å². The van der Waals surface area contributed by atoms with Crippen LogP contribution in [-0.2, 0) is 13.8 Å². The minimum Gasteiger partial charge on any atom is -0.351 e. The van der Waals surface area contributed by atoms with Crippen LogP contribution in [0.2, 0.25) is 0 Å². The van der Waals surface area contributed by atoms with E-state index in [0.29, 0.717) is 5.56 Å². The number of rotatable bonds is 10. The van der Waals surface area contributed by atoms with Gasteiger partial charge in [0.25, 0.3) is 5.69 Å². The average Bonchev–Trinajstić information content (AvgIpc) is 2.52. The Morgan fingerprint density at radius 3 is 2.22 bits per heavy atom. The number of alkyl halides is 2. The lowest BCUT2D eigenvalue weighted by atomic mass is 10.2. The molecule has 2 atom stereocenters. The van der Waals surface area contributed by atoms with Gasteiger partial charge in [0.2, 0.25) is 0 Å². The second kappa shape index (κ2) is 9.54. The lowest BCUT2D eigenvalue weighted by molar-refractivity contribution is -0.384. The van der Waals surface area contributed by atoms with Crippen molar-refractivity contribution >= 4 is 36.6 Å². The van der Waals surface area contributed by atoms with Gasteiger partial charge in [0.15, 0.2) is 6.29 Å². The molecule has 130 valence electrons. The Hall–Kier alpha value is -0.730. The third-order valence-electron chi connectivity index (χ3n) is 2.92. The molecule has 2 N–H and O–H groups in total. The normalized spacial score (nSPS) is 15.3. The van der Waals surface area contributed by atoms with Crippen molar-refractivity contribution in [2.45, 2.75) is 6.29 Å². The minimum absolute atomic E-state index is 0.0783. The summed E-state index contributed by atoms with van der Waals surface area (Å²) in [5.74, 6) is 0.410. The first-order chi connectivity index (χ1) is 10.9. The van der Waals surface area contributed by atoms with Crippen LogP contribution >= 0.6 is 30.9 Å². The minimum atomic E-state index is -3.70. The molecule has 0 heterocycles. The fourth-order valence-electron chi connectivity index (χ4n) is 1.78. The maximum absolute atomic E-state index is 12.6. The molecule has 0 radical (unpaired) electrons. The molecule has 0 saturated heterocycles. The molecule has 0 aromatic heterocycles. The maximum Gasteiger partial charge on any atom is 0.343 e. The van der Waals surface area contributed by atoms with E-state index in [4.69, 9.17) is 38.0 Å². The molecular formula is C12H18Cl2N3O5P. The Morgan fingerprint density at radius 2 is 1.83 bits per heavy atom. The predicted molar refractivity (Wildman–Crippen MR) is 88.7 cm³/mol. The van der Waals surface area contributed by atoms with E-state index in [0.717, 1.165) is 0 Å². The molecule has 0 aliphatic heterocycles. The van der Waals surface area contributed by atoms with Gasteiger partial charge in [-0.15, -0.1) is 23.2 Å². The Bertz CT molecular complexity index is 554. The standard InChI is InChI=1S/C12H18Cl2N3O5P/c1-21-12(10-2-4-11(5-3-10)17(18)19)22-23(15,20)16(8-6-13)9-7-14/h2-5,12H,6-9H2,1H3,(H2,15,20). The van der Waals surface area contributed by atoms with E-state index in [1.54, 1.807) is 0 Å². The lowest BCUT2D eigenvalue weighted by Gasteiger charge is -2.29. The van der Waals surface area contributed by atoms with E-state index < -0.39 is 18.9 Å². The van der Waals surface area contributed by atoms with Crippen molar-refractivity contribution < 1.29 is 18.7 Å². The van der Waals surface area contributed by atoms with Gasteiger partial charge >= 0.3 is 7.67 Å². The third-order valence-corrected chi connectivity index (χ3v) is 4.94. The Balaban J connectivity index is 2.92. The van der Waals surface area contributed by atoms with E-state index in [-0.39, 0.29) is 30.5 Å². The first-order valence-corrected chi connectivity index (χ1v) is 9.28. The molecule has 1 aromatic carbocycles. The van der Waals surface area contributed by atoms with Crippen LogP contribution in [0.25, 0.3) is 0 Å². The molecule has 1 rings (SSSR count). The number of benzene rings is 1. The average molecular weight is 386 g/mol. The molecule has 8 nitrogen and oxygen atoms in total. The molecule has 0 bridgehead atoms. The van der Waals surface area contributed by atoms with E-state index in [1.165, 1.54) is 36.0 Å². The number of nitro groups is 1. The van der Waals surface area contributed by atoms with Crippen LogP contribution in [0.3, 0.4) is 0 Å². The molecule has 11 heteroatoms. The summed E-state index contributed by atoms with van der Waals surface area (Å²) in [6.07, 6.45) is -1.04. The quantitative estimate of drug-likeness (QED) is 0.216. The van der Waals surface area contributed by atoms with Gasteiger partial charge in [-0.3, -0.25) is 19.2 Å². The highest BCUT2D eigenvalue weighted by Crippen LogP contribution is 2.47. The monoisotopic (exact) mass is 385 g/mol. The number of nitrogens with zero attached hydrogens (tertiary/aromatic N) is 2. The van der Waals surface area contributed by atoms with Crippen LogP contribution in [-0.4, -0.2) is 41.6 Å². The number of halogens is 2. The van der Waals surface area contributed by atoms with Crippen LogP contribution in [0, 0.1) is 10.1 Å². The summed E-state index contributed by atoms with van der Waals surface area (Å²) in [6, 6.07) is 5.47. The topological polar surface area (TPSA) is 108 Å². The van der Waals surface area contributed by atoms with Crippen molar-refractivity contribution in [1.29, 1.82) is 0 Å². The summed E-state index contributed by atoms with van der Waals surface area (Å²) >= 11 is 11.3. The molecule has 0 spiro atoms. The fraction of sp³-hybridized carbons (Fsp3) is 0.500. The molecule has 23 heavy (non-hydrogen) atoms. The van der Waals surface area contributed by atoms with Crippen molar-refractivity contribution in [3.05, 3.63) is 39.9 Å². The zero-order valence-corrected chi connectivity index (χ0v) is 14.8. The number of methoxy groups -OCH3 is 1.